The summed E-state index contributed by atoms with van der Waals surface area (Å²) < 4.78 is 23.7. The first-order valence-electron chi connectivity index (χ1n) is 10.3. The Morgan fingerprint density at radius 2 is 1.93 bits per heavy atom. The lowest BCUT2D eigenvalue weighted by molar-refractivity contribution is -0.892. The summed E-state index contributed by atoms with van der Waals surface area (Å²) in [4.78, 5) is 18.3. The number of carbonyl (C=O) groups excluding carboxylic acids is 1. The smallest absolute Gasteiger partial charge is 0.278 e. The zero-order valence-corrected chi connectivity index (χ0v) is 17.5. The molecule has 3 rings (SSSR count). The van der Waals surface area contributed by atoms with Gasteiger partial charge in [0, 0.05) is 18.3 Å². The van der Waals surface area contributed by atoms with Gasteiger partial charge in [-0.1, -0.05) is 13.3 Å². The predicted octanol–water partition coefficient (Wildman–Crippen LogP) is -0.0871. The molecule has 0 unspecified atom stereocenters. The summed E-state index contributed by atoms with van der Waals surface area (Å²) in [6.07, 6.45) is 2.47. The Kier molecular flexibility index (Phi) is 6.82. The van der Waals surface area contributed by atoms with Crippen LogP contribution >= 0.6 is 0 Å². The van der Waals surface area contributed by atoms with Crippen molar-refractivity contribution in [3.8, 4) is 5.75 Å². The van der Waals surface area contributed by atoms with Crippen LogP contribution in [0.2, 0.25) is 0 Å². The molecule has 2 saturated heterocycles. The Bertz CT molecular complexity index is 758. The zero-order chi connectivity index (χ0) is 20.1. The van der Waals surface area contributed by atoms with E-state index in [4.69, 9.17) is 0 Å². The Labute approximate surface area is 167 Å². The molecule has 8 heteroatoms. The molecule has 0 aliphatic carbocycles. The highest BCUT2D eigenvalue weighted by Gasteiger charge is 2.35. The van der Waals surface area contributed by atoms with Gasteiger partial charge in [-0.05, 0) is 37.1 Å². The maximum absolute atomic E-state index is 13.0. The van der Waals surface area contributed by atoms with Crippen molar-refractivity contribution in [3.05, 3.63) is 24.3 Å². The molecule has 2 fully saturated rings. The van der Waals surface area contributed by atoms with Crippen molar-refractivity contribution in [3.63, 3.8) is 0 Å². The molecule has 0 radical (unpaired) electrons. The molecule has 2 aliphatic heterocycles. The molecule has 2 N–H and O–H groups in total. The van der Waals surface area contributed by atoms with E-state index >= 15 is 0 Å². The second kappa shape index (κ2) is 9.13. The molecule has 0 aromatic heterocycles. The molecule has 156 valence electrons. The summed E-state index contributed by atoms with van der Waals surface area (Å²) in [5, 5.41) is 9.43. The van der Waals surface area contributed by atoms with Crippen molar-refractivity contribution < 1.29 is 23.2 Å². The van der Waals surface area contributed by atoms with Gasteiger partial charge in [0.25, 0.3) is 5.91 Å². The van der Waals surface area contributed by atoms with Crippen molar-refractivity contribution in [1.82, 2.24) is 4.90 Å². The van der Waals surface area contributed by atoms with Crippen LogP contribution in [0.15, 0.2) is 24.3 Å². The number of sulfone groups is 1. The molecule has 2 heterocycles. The molecule has 7 nitrogen and oxygen atoms in total. The molecule has 28 heavy (non-hydrogen) atoms. The number of nitrogens with zero attached hydrogens (tertiary/aromatic N) is 2. The average molecular weight is 411 g/mol. The highest BCUT2D eigenvalue weighted by Crippen LogP contribution is 2.19. The molecular formula is C20H32N3O4S+. The molecule has 1 aromatic rings. The summed E-state index contributed by atoms with van der Waals surface area (Å²) in [5.74, 6) is 0.668. The fourth-order valence-electron chi connectivity index (χ4n) is 4.10. The summed E-state index contributed by atoms with van der Waals surface area (Å²) in [6, 6.07) is 7.07. The number of piperazine rings is 1. The van der Waals surface area contributed by atoms with Gasteiger partial charge in [-0.3, -0.25) is 4.79 Å². The first-order valence-corrected chi connectivity index (χ1v) is 12.1. The molecule has 0 spiro atoms. The lowest BCUT2D eigenvalue weighted by Crippen LogP contribution is -3.16. The van der Waals surface area contributed by atoms with Gasteiger partial charge in [0.15, 0.2) is 16.4 Å². The molecule has 2 aliphatic rings. The van der Waals surface area contributed by atoms with Crippen molar-refractivity contribution in [2.45, 2.75) is 32.2 Å². The number of carbonyl (C=O) groups is 1. The monoisotopic (exact) mass is 410 g/mol. The van der Waals surface area contributed by atoms with Crippen LogP contribution in [0.5, 0.6) is 5.75 Å². The number of nitrogens with one attached hydrogen (secondary N) is 1. The second-order valence-electron chi connectivity index (χ2n) is 7.93. The Hall–Kier alpha value is -1.80. The average Bonchev–Trinajstić information content (AvgIpc) is 3.03. The van der Waals surface area contributed by atoms with Gasteiger partial charge in [0.2, 0.25) is 0 Å². The number of hydrogen-bond acceptors (Lipinski definition) is 5. The Balaban J connectivity index is 1.54. The maximum Gasteiger partial charge on any atom is 0.278 e. The van der Waals surface area contributed by atoms with Gasteiger partial charge >= 0.3 is 0 Å². The first-order chi connectivity index (χ1) is 13.4. The minimum absolute atomic E-state index is 0.0867. The number of hydrogen-bond donors (Lipinski definition) is 2. The lowest BCUT2D eigenvalue weighted by Gasteiger charge is -2.35. The molecular weight excluding hydrogens is 378 g/mol. The van der Waals surface area contributed by atoms with Crippen LogP contribution in [0.4, 0.5) is 5.69 Å². The van der Waals surface area contributed by atoms with E-state index in [1.165, 1.54) is 4.90 Å². The van der Waals surface area contributed by atoms with Gasteiger partial charge < -0.3 is 19.8 Å². The summed E-state index contributed by atoms with van der Waals surface area (Å²) >= 11 is 0. The molecule has 1 atom stereocenters. The van der Waals surface area contributed by atoms with Gasteiger partial charge in [-0.25, -0.2) is 8.42 Å². The van der Waals surface area contributed by atoms with E-state index in [1.54, 1.807) is 12.1 Å². The summed E-state index contributed by atoms with van der Waals surface area (Å²) in [7, 11) is -3.00. The van der Waals surface area contributed by atoms with E-state index in [9.17, 15) is 18.3 Å². The Morgan fingerprint density at radius 3 is 2.50 bits per heavy atom. The van der Waals surface area contributed by atoms with E-state index in [-0.39, 0.29) is 29.2 Å². The van der Waals surface area contributed by atoms with Gasteiger partial charge in [-0.2, -0.15) is 0 Å². The van der Waals surface area contributed by atoms with Crippen molar-refractivity contribution in [2.24, 2.45) is 0 Å². The first kappa shape index (κ1) is 20.9. The highest BCUT2D eigenvalue weighted by molar-refractivity contribution is 7.91. The van der Waals surface area contributed by atoms with Crippen molar-refractivity contribution in [2.75, 3.05) is 55.7 Å². The van der Waals surface area contributed by atoms with Gasteiger partial charge in [0.1, 0.15) is 5.75 Å². The van der Waals surface area contributed by atoms with Crippen LogP contribution in [-0.4, -0.2) is 81.1 Å². The number of rotatable bonds is 7. The maximum atomic E-state index is 13.0. The van der Waals surface area contributed by atoms with Crippen LogP contribution in [-0.2, 0) is 14.6 Å². The van der Waals surface area contributed by atoms with Crippen LogP contribution in [0, 0.1) is 0 Å². The van der Waals surface area contributed by atoms with E-state index in [0.29, 0.717) is 19.5 Å². The van der Waals surface area contributed by atoms with E-state index < -0.39 is 9.84 Å². The number of benzene rings is 1. The largest absolute Gasteiger partial charge is 0.508 e. The summed E-state index contributed by atoms with van der Waals surface area (Å²) in [6.45, 7) is 6.64. The molecule has 0 bridgehead atoms. The van der Waals surface area contributed by atoms with E-state index in [1.807, 2.05) is 17.0 Å². The van der Waals surface area contributed by atoms with Crippen molar-refractivity contribution in [1.29, 1.82) is 0 Å². The predicted molar refractivity (Wildman–Crippen MR) is 110 cm³/mol. The van der Waals surface area contributed by atoms with Crippen LogP contribution in [0.3, 0.4) is 0 Å². The number of aromatic hydroxyl groups is 1. The standard InChI is InChI=1S/C20H31N3O4S/c1-2-3-9-23(18-8-14-28(26,27)16-18)20(25)15-21-10-12-22(13-11-21)17-4-6-19(24)7-5-17/h4-7,18,24H,2-3,8-16H2,1H3/p+1/t18-/m1/s1. The number of amides is 1. The molecule has 0 saturated carbocycles. The lowest BCUT2D eigenvalue weighted by atomic mass is 10.2. The van der Waals surface area contributed by atoms with E-state index in [2.05, 4.69) is 11.8 Å². The molecule has 1 amide bonds. The SMILES string of the molecule is CCCCN(C(=O)C[NH+]1CCN(c2ccc(O)cc2)CC1)[C@@H]1CCS(=O)(=O)C1. The van der Waals surface area contributed by atoms with Crippen LogP contribution < -0.4 is 9.80 Å². The molecule has 1 aromatic carbocycles. The number of phenolic OH excluding ortho intramolecular Hbond substituents is 1. The fourth-order valence-corrected chi connectivity index (χ4v) is 5.83. The quantitative estimate of drug-likeness (QED) is 0.657. The second-order valence-corrected chi connectivity index (χ2v) is 10.2. The minimum Gasteiger partial charge on any atom is -0.508 e. The topological polar surface area (TPSA) is 82.4 Å². The fraction of sp³-hybridized carbons (Fsp3) is 0.650. The summed E-state index contributed by atoms with van der Waals surface area (Å²) in [5.41, 5.74) is 1.09. The number of unbranched alkanes of at least 4 members (excludes halogenated alkanes) is 1. The normalized spacial score (nSPS) is 22.3. The van der Waals surface area contributed by atoms with E-state index in [0.717, 1.165) is 44.7 Å². The third-order valence-corrected chi connectivity index (χ3v) is 7.56. The van der Waals surface area contributed by atoms with Crippen LogP contribution in [0.25, 0.3) is 0 Å². The third-order valence-electron chi connectivity index (χ3n) is 5.81. The zero-order valence-electron chi connectivity index (χ0n) is 16.6. The number of phenols is 1. The number of anilines is 1. The van der Waals surface area contributed by atoms with Gasteiger partial charge in [0.05, 0.1) is 37.7 Å². The third kappa shape index (κ3) is 5.38. The van der Waals surface area contributed by atoms with Gasteiger partial charge in [-0.15, -0.1) is 0 Å². The Morgan fingerprint density at radius 1 is 1.25 bits per heavy atom. The minimum atomic E-state index is -3.00. The van der Waals surface area contributed by atoms with Crippen LogP contribution in [0.1, 0.15) is 26.2 Å². The number of quaternary nitrogens is 1. The van der Waals surface area contributed by atoms with Crippen molar-refractivity contribution >= 4 is 21.4 Å². The highest BCUT2D eigenvalue weighted by atomic mass is 32.2.